The van der Waals surface area contributed by atoms with Crippen molar-refractivity contribution in [2.75, 3.05) is 17.3 Å². The van der Waals surface area contributed by atoms with E-state index in [1.165, 1.54) is 32.1 Å². The zero-order chi connectivity index (χ0) is 13.1. The molecule has 2 aromatic rings. The maximum Gasteiger partial charge on any atom is 0.180 e. The Hall–Kier alpha value is -1.82. The van der Waals surface area contributed by atoms with Crippen molar-refractivity contribution in [1.82, 2.24) is 14.4 Å². The molecule has 4 N–H and O–H groups in total. The minimum absolute atomic E-state index is 0.636. The van der Waals surface area contributed by atoms with Gasteiger partial charge in [0, 0.05) is 18.9 Å². The van der Waals surface area contributed by atoms with Crippen molar-refractivity contribution in [2.24, 2.45) is 11.8 Å². The summed E-state index contributed by atoms with van der Waals surface area (Å²) in [6.45, 7) is 0.962. The molecule has 0 aliphatic heterocycles. The molecule has 19 heavy (non-hydrogen) atoms. The van der Waals surface area contributed by atoms with Gasteiger partial charge in [-0.1, -0.05) is 19.3 Å². The van der Waals surface area contributed by atoms with E-state index in [0.717, 1.165) is 23.9 Å². The van der Waals surface area contributed by atoms with Crippen LogP contribution in [-0.2, 0) is 0 Å². The molecule has 3 rings (SSSR count). The summed E-state index contributed by atoms with van der Waals surface area (Å²) in [5.41, 5.74) is 3.43. The molecule has 0 atom stereocenters. The number of nitrogen functional groups attached to an aromatic ring is 1. The number of rotatable bonds is 4. The first-order valence-corrected chi connectivity index (χ1v) is 6.91. The Labute approximate surface area is 112 Å². The van der Waals surface area contributed by atoms with E-state index in [9.17, 15) is 0 Å². The van der Waals surface area contributed by atoms with Gasteiger partial charge in [-0.3, -0.25) is 0 Å². The Bertz CT molecular complexity index is 543. The Kier molecular flexibility index (Phi) is 3.50. The number of hydrazine groups is 1. The molecular weight excluding hydrogens is 240 g/mol. The highest BCUT2D eigenvalue weighted by molar-refractivity contribution is 5.65. The van der Waals surface area contributed by atoms with Gasteiger partial charge >= 0.3 is 0 Å². The van der Waals surface area contributed by atoms with E-state index < -0.39 is 0 Å². The third-order valence-corrected chi connectivity index (χ3v) is 3.80. The van der Waals surface area contributed by atoms with Gasteiger partial charge in [0.25, 0.3) is 0 Å². The van der Waals surface area contributed by atoms with Crippen LogP contribution in [0.4, 0.5) is 11.6 Å². The molecule has 6 nitrogen and oxygen atoms in total. The first kappa shape index (κ1) is 12.2. The fourth-order valence-electron chi connectivity index (χ4n) is 2.75. The number of imidazole rings is 1. The van der Waals surface area contributed by atoms with Gasteiger partial charge in [0.15, 0.2) is 17.3 Å². The van der Waals surface area contributed by atoms with Gasteiger partial charge in [0.1, 0.15) is 0 Å². The van der Waals surface area contributed by atoms with Crippen LogP contribution in [0.5, 0.6) is 0 Å². The Morgan fingerprint density at radius 3 is 2.95 bits per heavy atom. The molecule has 0 bridgehead atoms. The molecule has 2 aromatic heterocycles. The third kappa shape index (κ3) is 2.63. The molecule has 0 unspecified atom stereocenters. The smallest absolute Gasteiger partial charge is 0.180 e. The van der Waals surface area contributed by atoms with Crippen molar-refractivity contribution in [3.05, 3.63) is 18.6 Å². The lowest BCUT2D eigenvalue weighted by Gasteiger charge is -2.22. The molecule has 0 radical (unpaired) electrons. The van der Waals surface area contributed by atoms with Crippen LogP contribution >= 0.6 is 0 Å². The van der Waals surface area contributed by atoms with Crippen LogP contribution in [0.1, 0.15) is 32.1 Å². The normalized spacial score (nSPS) is 16.7. The van der Waals surface area contributed by atoms with Gasteiger partial charge in [-0.05, 0) is 18.8 Å². The fourth-order valence-corrected chi connectivity index (χ4v) is 2.75. The fraction of sp³-hybridized carbons (Fsp3) is 0.538. The summed E-state index contributed by atoms with van der Waals surface area (Å²) in [7, 11) is 0. The van der Waals surface area contributed by atoms with Crippen molar-refractivity contribution < 1.29 is 0 Å². The number of fused-ring (bicyclic) bond motifs is 1. The van der Waals surface area contributed by atoms with Gasteiger partial charge < -0.3 is 15.1 Å². The molecule has 1 aliphatic rings. The summed E-state index contributed by atoms with van der Waals surface area (Å²) in [4.78, 5) is 8.77. The lowest BCUT2D eigenvalue weighted by Crippen LogP contribution is -2.19. The van der Waals surface area contributed by atoms with Crippen molar-refractivity contribution in [1.29, 1.82) is 0 Å². The molecule has 1 fully saturated rings. The van der Waals surface area contributed by atoms with Gasteiger partial charge in [0.2, 0.25) is 0 Å². The molecule has 0 spiro atoms. The monoisotopic (exact) mass is 260 g/mol. The van der Waals surface area contributed by atoms with Crippen LogP contribution in [0.15, 0.2) is 18.6 Å². The molecule has 1 saturated carbocycles. The molecule has 0 amide bonds. The summed E-state index contributed by atoms with van der Waals surface area (Å²) in [6, 6.07) is 0. The van der Waals surface area contributed by atoms with Crippen LogP contribution in [-0.4, -0.2) is 20.9 Å². The van der Waals surface area contributed by atoms with E-state index in [1.807, 2.05) is 16.8 Å². The van der Waals surface area contributed by atoms with Crippen LogP contribution in [0, 0.1) is 5.92 Å². The highest BCUT2D eigenvalue weighted by Gasteiger charge is 2.14. The predicted octanol–water partition coefficient (Wildman–Crippen LogP) is 2.01. The Balaban J connectivity index is 1.77. The standard InChI is InChI=1S/C13H20N6/c14-18-11-9-19-7-6-15-13(19)12(17-11)16-8-10-4-2-1-3-5-10/h6-7,9-10,18H,1-5,8,14H2,(H,16,17). The van der Waals surface area contributed by atoms with E-state index in [0.29, 0.717) is 5.82 Å². The van der Waals surface area contributed by atoms with Gasteiger partial charge in [-0.2, -0.15) is 0 Å². The molecule has 6 heteroatoms. The van der Waals surface area contributed by atoms with Crippen molar-refractivity contribution in [3.63, 3.8) is 0 Å². The Morgan fingerprint density at radius 2 is 2.16 bits per heavy atom. The van der Waals surface area contributed by atoms with E-state index in [1.54, 1.807) is 6.20 Å². The van der Waals surface area contributed by atoms with Crippen molar-refractivity contribution in [3.8, 4) is 0 Å². The molecule has 102 valence electrons. The molecule has 1 aliphatic carbocycles. The number of hydrogen-bond donors (Lipinski definition) is 3. The van der Waals surface area contributed by atoms with Crippen LogP contribution in [0.3, 0.4) is 0 Å². The molecule has 2 heterocycles. The lowest BCUT2D eigenvalue weighted by atomic mass is 9.89. The van der Waals surface area contributed by atoms with E-state index in [4.69, 9.17) is 5.84 Å². The summed E-state index contributed by atoms with van der Waals surface area (Å²) in [5.74, 6) is 7.63. The van der Waals surface area contributed by atoms with Crippen molar-refractivity contribution in [2.45, 2.75) is 32.1 Å². The maximum atomic E-state index is 5.44. The molecular formula is C13H20N6. The van der Waals surface area contributed by atoms with Gasteiger partial charge in [0.05, 0.1) is 6.20 Å². The highest BCUT2D eigenvalue weighted by atomic mass is 15.3. The predicted molar refractivity (Wildman–Crippen MR) is 75.9 cm³/mol. The lowest BCUT2D eigenvalue weighted by molar-refractivity contribution is 0.373. The summed E-state index contributed by atoms with van der Waals surface area (Å²) in [6.07, 6.45) is 12.2. The molecule has 0 saturated heterocycles. The summed E-state index contributed by atoms with van der Waals surface area (Å²) < 4.78 is 1.92. The van der Waals surface area contributed by atoms with Crippen molar-refractivity contribution >= 4 is 17.3 Å². The van der Waals surface area contributed by atoms with E-state index >= 15 is 0 Å². The number of aromatic nitrogens is 3. The minimum atomic E-state index is 0.636. The second kappa shape index (κ2) is 5.44. The first-order chi connectivity index (χ1) is 9.36. The average molecular weight is 260 g/mol. The summed E-state index contributed by atoms with van der Waals surface area (Å²) in [5, 5.41) is 3.43. The van der Waals surface area contributed by atoms with E-state index in [-0.39, 0.29) is 0 Å². The number of nitrogens with zero attached hydrogens (tertiary/aromatic N) is 3. The topological polar surface area (TPSA) is 80.3 Å². The third-order valence-electron chi connectivity index (χ3n) is 3.80. The second-order valence-corrected chi connectivity index (χ2v) is 5.16. The van der Waals surface area contributed by atoms with Gasteiger partial charge in [-0.15, -0.1) is 0 Å². The summed E-state index contributed by atoms with van der Waals surface area (Å²) >= 11 is 0. The van der Waals surface area contributed by atoms with Gasteiger partial charge in [-0.25, -0.2) is 15.8 Å². The average Bonchev–Trinajstić information content (AvgIpc) is 2.94. The molecule has 0 aromatic carbocycles. The first-order valence-electron chi connectivity index (χ1n) is 6.91. The van der Waals surface area contributed by atoms with Crippen LogP contribution in [0.2, 0.25) is 0 Å². The highest BCUT2D eigenvalue weighted by Crippen LogP contribution is 2.24. The minimum Gasteiger partial charge on any atom is -0.367 e. The zero-order valence-electron chi connectivity index (χ0n) is 11.0. The second-order valence-electron chi connectivity index (χ2n) is 5.16. The van der Waals surface area contributed by atoms with Crippen LogP contribution in [0.25, 0.3) is 5.65 Å². The Morgan fingerprint density at radius 1 is 1.32 bits per heavy atom. The number of nitrogens with two attached hydrogens (primary N) is 1. The largest absolute Gasteiger partial charge is 0.367 e. The van der Waals surface area contributed by atoms with E-state index in [2.05, 4.69) is 20.7 Å². The maximum absolute atomic E-state index is 5.44. The number of anilines is 2. The van der Waals surface area contributed by atoms with Crippen LogP contribution < -0.4 is 16.6 Å². The quantitative estimate of drug-likeness (QED) is 0.579. The number of nitrogens with one attached hydrogen (secondary N) is 2. The number of hydrogen-bond acceptors (Lipinski definition) is 5. The zero-order valence-corrected chi connectivity index (χ0v) is 11.0. The SMILES string of the molecule is NNc1cn2ccnc2c(NCC2CCCCC2)n1.